The minimum atomic E-state index is -0.438. The Balaban J connectivity index is 1.25. The Labute approximate surface area is 185 Å². The molecule has 1 aliphatic carbocycles. The number of rotatable bonds is 5. The molecule has 31 heavy (non-hydrogen) atoms. The number of aromatic amines is 2. The van der Waals surface area contributed by atoms with Crippen LogP contribution in [0.5, 0.6) is 0 Å². The van der Waals surface area contributed by atoms with Gasteiger partial charge in [-0.15, -0.1) is 21.5 Å². The van der Waals surface area contributed by atoms with Gasteiger partial charge in [0.15, 0.2) is 0 Å². The highest BCUT2D eigenvalue weighted by atomic mass is 32.2. The first-order valence-electron chi connectivity index (χ1n) is 10.1. The summed E-state index contributed by atoms with van der Waals surface area (Å²) < 4.78 is 5.83. The zero-order chi connectivity index (χ0) is 21.5. The van der Waals surface area contributed by atoms with Gasteiger partial charge in [-0.1, -0.05) is 18.7 Å². The van der Waals surface area contributed by atoms with E-state index in [1.165, 1.54) is 28.6 Å². The molecule has 0 saturated heterocycles. The zero-order valence-electron chi connectivity index (χ0n) is 17.0. The Kier molecular flexibility index (Phi) is 5.19. The number of H-pyrrole nitrogens is 2. The van der Waals surface area contributed by atoms with Gasteiger partial charge in [-0.2, -0.15) is 0 Å². The number of nitrogens with one attached hydrogen (secondary N) is 3. The third-order valence-corrected chi connectivity index (χ3v) is 7.54. The topological polar surface area (TPSA) is 117 Å². The van der Waals surface area contributed by atoms with Gasteiger partial charge in [0.2, 0.25) is 5.91 Å². The fourth-order valence-corrected chi connectivity index (χ4v) is 5.54. The van der Waals surface area contributed by atoms with Crippen LogP contribution in [0.25, 0.3) is 21.8 Å². The number of fused-ring (bicyclic) bond motifs is 2. The molecule has 3 N–H and O–H groups in total. The highest BCUT2D eigenvalue weighted by Crippen LogP contribution is 2.37. The molecule has 0 radical (unpaired) electrons. The molecule has 0 bridgehead atoms. The van der Waals surface area contributed by atoms with E-state index < -0.39 is 5.25 Å². The maximum absolute atomic E-state index is 12.6. The van der Waals surface area contributed by atoms with Gasteiger partial charge in [0.05, 0.1) is 21.2 Å². The lowest BCUT2D eigenvalue weighted by atomic mass is 9.90. The van der Waals surface area contributed by atoms with Crippen LogP contribution in [0.15, 0.2) is 38.7 Å². The summed E-state index contributed by atoms with van der Waals surface area (Å²) in [4.78, 5) is 31.7. The van der Waals surface area contributed by atoms with Gasteiger partial charge in [0.1, 0.15) is 0 Å². The molecule has 1 amide bonds. The number of nitrogens with zero attached hydrogens (tertiary/aromatic N) is 2. The average Bonchev–Trinajstić information content (AvgIpc) is 3.44. The van der Waals surface area contributed by atoms with Crippen LogP contribution in [-0.4, -0.2) is 31.3 Å². The maximum atomic E-state index is 12.6. The van der Waals surface area contributed by atoms with Crippen molar-refractivity contribution in [2.75, 3.05) is 5.32 Å². The Morgan fingerprint density at radius 2 is 2.13 bits per heavy atom. The fourth-order valence-electron chi connectivity index (χ4n) is 3.73. The normalized spacial score (nSPS) is 16.9. The van der Waals surface area contributed by atoms with Crippen molar-refractivity contribution in [1.82, 2.24) is 20.2 Å². The van der Waals surface area contributed by atoms with Crippen LogP contribution >= 0.6 is 23.1 Å². The Morgan fingerprint density at radius 1 is 1.29 bits per heavy atom. The lowest BCUT2D eigenvalue weighted by Crippen LogP contribution is -2.22. The van der Waals surface area contributed by atoms with Crippen molar-refractivity contribution >= 4 is 45.7 Å². The fraction of sp³-hybridized carbons (Fsp3) is 0.333. The Hall–Kier alpha value is -2.85. The molecule has 160 valence electrons. The summed E-state index contributed by atoms with van der Waals surface area (Å²) in [5.41, 5.74) is 3.03. The molecule has 3 aromatic heterocycles. The molecular formula is C21H21N5O3S2. The number of aryl methyl sites for hydroxylation is 1. The lowest BCUT2D eigenvalue weighted by molar-refractivity contribution is -0.115. The van der Waals surface area contributed by atoms with E-state index in [0.29, 0.717) is 33.8 Å². The monoisotopic (exact) mass is 455 g/mol. The summed E-state index contributed by atoms with van der Waals surface area (Å²) in [6.45, 7) is 4.07. The first-order chi connectivity index (χ1) is 14.9. The number of thioether (sulfide) groups is 1. The number of carbonyl (C=O) groups is 1. The molecule has 1 aromatic carbocycles. The third kappa shape index (κ3) is 4.17. The van der Waals surface area contributed by atoms with Crippen LogP contribution in [0, 0.1) is 5.92 Å². The van der Waals surface area contributed by atoms with Crippen LogP contribution < -0.4 is 11.0 Å². The van der Waals surface area contributed by atoms with Crippen molar-refractivity contribution in [3.05, 3.63) is 45.2 Å². The third-order valence-electron chi connectivity index (χ3n) is 5.38. The van der Waals surface area contributed by atoms with E-state index in [0.717, 1.165) is 17.7 Å². The number of amides is 1. The summed E-state index contributed by atoms with van der Waals surface area (Å²) in [6.07, 6.45) is 3.43. The maximum Gasteiger partial charge on any atom is 0.323 e. The number of benzene rings is 1. The second kappa shape index (κ2) is 8.01. The largest absolute Gasteiger partial charge is 0.410 e. The van der Waals surface area contributed by atoms with E-state index in [-0.39, 0.29) is 11.6 Å². The highest BCUT2D eigenvalue weighted by Gasteiger charge is 2.23. The molecule has 0 spiro atoms. The van der Waals surface area contributed by atoms with Crippen molar-refractivity contribution in [3.63, 3.8) is 0 Å². The van der Waals surface area contributed by atoms with Gasteiger partial charge in [-0.05, 0) is 61.9 Å². The number of aromatic nitrogens is 4. The summed E-state index contributed by atoms with van der Waals surface area (Å²) >= 11 is 2.94. The average molecular weight is 456 g/mol. The van der Waals surface area contributed by atoms with E-state index in [2.05, 4.69) is 38.5 Å². The molecule has 0 saturated carbocycles. The molecule has 0 fully saturated rings. The first-order valence-corrected chi connectivity index (χ1v) is 11.8. The molecule has 3 heterocycles. The number of anilines is 1. The molecular weight excluding hydrogens is 434 g/mol. The van der Waals surface area contributed by atoms with Crippen molar-refractivity contribution in [2.24, 2.45) is 5.92 Å². The molecule has 0 unspecified atom stereocenters. The van der Waals surface area contributed by atoms with Crippen LogP contribution in [-0.2, 0) is 17.6 Å². The van der Waals surface area contributed by atoms with Crippen molar-refractivity contribution in [3.8, 4) is 10.8 Å². The van der Waals surface area contributed by atoms with Gasteiger partial charge in [-0.3, -0.25) is 4.79 Å². The number of imidazole rings is 1. The van der Waals surface area contributed by atoms with E-state index >= 15 is 0 Å². The van der Waals surface area contributed by atoms with Gasteiger partial charge in [0.25, 0.3) is 11.1 Å². The lowest BCUT2D eigenvalue weighted by Gasteiger charge is -2.16. The highest BCUT2D eigenvalue weighted by molar-refractivity contribution is 8.00. The molecule has 1 aliphatic rings. The van der Waals surface area contributed by atoms with Crippen LogP contribution in [0.4, 0.5) is 5.69 Å². The molecule has 2 atom stereocenters. The SMILES string of the molecule is C[C@@H]1CCc2sc(-c3nnc(S[C@H](C)C(=O)Nc4ccc5[nH]c(=O)[nH]c5c4)o3)cc2C1. The van der Waals surface area contributed by atoms with E-state index in [4.69, 9.17) is 4.42 Å². The smallest absolute Gasteiger partial charge is 0.323 e. The minimum absolute atomic E-state index is 0.192. The second-order valence-electron chi connectivity index (χ2n) is 7.87. The summed E-state index contributed by atoms with van der Waals surface area (Å²) in [5.74, 6) is 1.02. The molecule has 4 aromatic rings. The summed E-state index contributed by atoms with van der Waals surface area (Å²) in [7, 11) is 0. The summed E-state index contributed by atoms with van der Waals surface area (Å²) in [6, 6.07) is 7.36. The number of hydrogen-bond acceptors (Lipinski definition) is 7. The van der Waals surface area contributed by atoms with E-state index in [9.17, 15) is 9.59 Å². The minimum Gasteiger partial charge on any atom is -0.410 e. The Morgan fingerprint density at radius 3 is 3.00 bits per heavy atom. The molecule has 5 rings (SSSR count). The van der Waals surface area contributed by atoms with E-state index in [1.807, 2.05) is 0 Å². The molecule has 10 heteroatoms. The van der Waals surface area contributed by atoms with Crippen LogP contribution in [0.2, 0.25) is 0 Å². The number of hydrogen-bond donors (Lipinski definition) is 3. The molecule has 8 nitrogen and oxygen atoms in total. The number of carbonyl (C=O) groups excluding carboxylic acids is 1. The predicted octanol–water partition coefficient (Wildman–Crippen LogP) is 4.21. The van der Waals surface area contributed by atoms with Gasteiger partial charge >= 0.3 is 5.69 Å². The van der Waals surface area contributed by atoms with Gasteiger partial charge in [-0.25, -0.2) is 4.79 Å². The van der Waals surface area contributed by atoms with Crippen molar-refractivity contribution in [1.29, 1.82) is 0 Å². The quantitative estimate of drug-likeness (QED) is 0.388. The molecule has 0 aliphatic heterocycles. The van der Waals surface area contributed by atoms with Crippen molar-refractivity contribution < 1.29 is 9.21 Å². The number of thiophene rings is 1. The standard InChI is InChI=1S/C21H21N5O3S2/c1-10-3-6-16-12(7-10)8-17(31-16)19-25-26-21(29-19)30-11(2)18(27)22-13-4-5-14-15(9-13)24-20(28)23-14/h4-5,8-11H,3,6-7H2,1-2H3,(H,22,27)(H2,23,24,28)/t10-,11-/m1/s1. The van der Waals surface area contributed by atoms with Crippen LogP contribution in [0.3, 0.4) is 0 Å². The Bertz CT molecular complexity index is 1320. The van der Waals surface area contributed by atoms with Gasteiger partial charge < -0.3 is 19.7 Å². The zero-order valence-corrected chi connectivity index (χ0v) is 18.7. The summed E-state index contributed by atoms with van der Waals surface area (Å²) in [5, 5.41) is 11.1. The van der Waals surface area contributed by atoms with E-state index in [1.54, 1.807) is 36.5 Å². The van der Waals surface area contributed by atoms with Crippen molar-refractivity contribution in [2.45, 2.75) is 43.6 Å². The first kappa shape index (κ1) is 20.1. The predicted molar refractivity (Wildman–Crippen MR) is 122 cm³/mol. The van der Waals surface area contributed by atoms with Gasteiger partial charge in [0, 0.05) is 10.6 Å². The second-order valence-corrected chi connectivity index (χ2v) is 10.3. The van der Waals surface area contributed by atoms with Crippen LogP contribution in [0.1, 0.15) is 30.7 Å².